The van der Waals surface area contributed by atoms with E-state index in [-0.39, 0.29) is 17.9 Å². The number of thiazole rings is 1. The number of carbonyl (C=O) groups is 2. The number of carbonyl (C=O) groups excluding carboxylic acids is 2. The van der Waals surface area contributed by atoms with Gasteiger partial charge in [-0.15, -0.1) is 11.3 Å². The van der Waals surface area contributed by atoms with Crippen molar-refractivity contribution in [1.29, 1.82) is 0 Å². The summed E-state index contributed by atoms with van der Waals surface area (Å²) in [5.74, 6) is -0.457. The minimum Gasteiger partial charge on any atom is -0.349 e. The van der Waals surface area contributed by atoms with Gasteiger partial charge in [-0.2, -0.15) is 0 Å². The maximum atomic E-state index is 13.0. The number of thioether (sulfide) groups is 1. The topological polar surface area (TPSA) is 71.1 Å². The lowest BCUT2D eigenvalue weighted by atomic mass is 9.95. The molecule has 1 aromatic heterocycles. The van der Waals surface area contributed by atoms with Crippen molar-refractivity contribution in [2.75, 3.05) is 5.32 Å². The van der Waals surface area contributed by atoms with Gasteiger partial charge in [-0.1, -0.05) is 57.0 Å². The molecule has 0 aliphatic heterocycles. The third kappa shape index (κ3) is 5.46. The first-order valence-electron chi connectivity index (χ1n) is 10.8. The molecule has 2 aromatic carbocycles. The summed E-state index contributed by atoms with van der Waals surface area (Å²) in [7, 11) is 0. The van der Waals surface area contributed by atoms with E-state index in [0.29, 0.717) is 22.1 Å². The van der Waals surface area contributed by atoms with Crippen LogP contribution in [0.1, 0.15) is 66.7 Å². The Morgan fingerprint density at radius 3 is 2.45 bits per heavy atom. The van der Waals surface area contributed by atoms with E-state index in [1.54, 1.807) is 47.4 Å². The number of nitrogens with one attached hydrogen (secondary N) is 2. The van der Waals surface area contributed by atoms with Crippen LogP contribution in [0.2, 0.25) is 0 Å². The van der Waals surface area contributed by atoms with E-state index in [9.17, 15) is 9.59 Å². The lowest BCUT2D eigenvalue weighted by Gasteiger charge is -2.23. The van der Waals surface area contributed by atoms with Gasteiger partial charge in [-0.05, 0) is 43.2 Å². The van der Waals surface area contributed by atoms with Crippen LogP contribution in [0.3, 0.4) is 0 Å². The molecule has 0 unspecified atom stereocenters. The zero-order valence-electron chi connectivity index (χ0n) is 17.8. The summed E-state index contributed by atoms with van der Waals surface area (Å²) >= 11 is 3.36. The highest BCUT2D eigenvalue weighted by atomic mass is 32.2. The highest BCUT2D eigenvalue weighted by molar-refractivity contribution is 8.01. The molecule has 1 aliphatic rings. The van der Waals surface area contributed by atoms with Gasteiger partial charge in [0.05, 0.1) is 21.3 Å². The lowest BCUT2D eigenvalue weighted by molar-refractivity contribution is 0.0917. The lowest BCUT2D eigenvalue weighted by Crippen LogP contribution is -2.37. The molecule has 7 heteroatoms. The Hall–Kier alpha value is -2.38. The summed E-state index contributed by atoms with van der Waals surface area (Å²) in [5.41, 5.74) is 2.43. The first-order chi connectivity index (χ1) is 15.0. The number of hydrogen-bond donors (Lipinski definition) is 2. The van der Waals surface area contributed by atoms with Crippen LogP contribution in [0.5, 0.6) is 0 Å². The molecule has 0 radical (unpaired) electrons. The molecule has 4 rings (SSSR count). The maximum absolute atomic E-state index is 13.0. The molecule has 2 N–H and O–H groups in total. The van der Waals surface area contributed by atoms with Crippen molar-refractivity contribution in [3.05, 3.63) is 53.6 Å². The van der Waals surface area contributed by atoms with Gasteiger partial charge in [-0.3, -0.25) is 9.59 Å². The molecular formula is C24H27N3O2S2. The molecule has 1 fully saturated rings. The summed E-state index contributed by atoms with van der Waals surface area (Å²) in [5, 5.41) is 6.53. The normalized spacial score (nSPS) is 14.7. The standard InChI is InChI=1S/C24H27N3O2S2/c1-15(2)30-24-27-20-13-12-17(14-21(20)31-24)26-23(29)19-11-7-6-10-18(19)22(28)25-16-8-4-3-5-9-16/h6-7,10-16H,3-5,8-9H2,1-2H3,(H,25,28)(H,26,29). The van der Waals surface area contributed by atoms with Crippen LogP contribution < -0.4 is 10.6 Å². The van der Waals surface area contributed by atoms with Crippen molar-refractivity contribution in [3.63, 3.8) is 0 Å². The van der Waals surface area contributed by atoms with E-state index in [0.717, 1.165) is 40.2 Å². The minimum absolute atomic E-state index is 0.175. The quantitative estimate of drug-likeness (QED) is 0.442. The van der Waals surface area contributed by atoms with Crippen molar-refractivity contribution in [3.8, 4) is 0 Å². The van der Waals surface area contributed by atoms with Crippen LogP contribution in [-0.4, -0.2) is 28.1 Å². The van der Waals surface area contributed by atoms with Gasteiger partial charge in [0.25, 0.3) is 11.8 Å². The van der Waals surface area contributed by atoms with Crippen molar-refractivity contribution in [2.24, 2.45) is 0 Å². The molecule has 0 spiro atoms. The number of benzene rings is 2. The SMILES string of the molecule is CC(C)Sc1nc2ccc(NC(=O)c3ccccc3C(=O)NC3CCCCC3)cc2s1. The minimum atomic E-state index is -0.282. The molecule has 0 atom stereocenters. The molecule has 1 heterocycles. The Morgan fingerprint density at radius 2 is 1.74 bits per heavy atom. The van der Waals surface area contributed by atoms with Gasteiger partial charge in [0, 0.05) is 17.0 Å². The molecule has 3 aromatic rings. The second-order valence-electron chi connectivity index (χ2n) is 8.14. The zero-order valence-corrected chi connectivity index (χ0v) is 19.4. The fraction of sp³-hybridized carbons (Fsp3) is 0.375. The monoisotopic (exact) mass is 453 g/mol. The maximum Gasteiger partial charge on any atom is 0.256 e. The van der Waals surface area contributed by atoms with Crippen molar-refractivity contribution < 1.29 is 9.59 Å². The highest BCUT2D eigenvalue weighted by Gasteiger charge is 2.21. The molecular weight excluding hydrogens is 426 g/mol. The second kappa shape index (κ2) is 9.83. The van der Waals surface area contributed by atoms with Crippen LogP contribution in [0.15, 0.2) is 46.8 Å². The van der Waals surface area contributed by atoms with E-state index in [1.165, 1.54) is 6.42 Å². The summed E-state index contributed by atoms with van der Waals surface area (Å²) < 4.78 is 2.06. The van der Waals surface area contributed by atoms with E-state index in [4.69, 9.17) is 0 Å². The number of nitrogens with zero attached hydrogens (tertiary/aromatic N) is 1. The number of rotatable bonds is 6. The number of anilines is 1. The van der Waals surface area contributed by atoms with Crippen molar-refractivity contribution >= 4 is 50.8 Å². The van der Waals surface area contributed by atoms with Crippen LogP contribution >= 0.6 is 23.1 Å². The predicted molar refractivity (Wildman–Crippen MR) is 129 cm³/mol. The average molecular weight is 454 g/mol. The largest absolute Gasteiger partial charge is 0.349 e. The summed E-state index contributed by atoms with van der Waals surface area (Å²) in [4.78, 5) is 30.5. The number of fused-ring (bicyclic) bond motifs is 1. The first kappa shape index (κ1) is 21.8. The predicted octanol–water partition coefficient (Wildman–Crippen LogP) is 6.11. The average Bonchev–Trinajstić information content (AvgIpc) is 3.15. The number of aromatic nitrogens is 1. The van der Waals surface area contributed by atoms with Gasteiger partial charge in [0.2, 0.25) is 0 Å². The fourth-order valence-electron chi connectivity index (χ4n) is 3.82. The van der Waals surface area contributed by atoms with Crippen LogP contribution in [0, 0.1) is 0 Å². The summed E-state index contributed by atoms with van der Waals surface area (Å²) in [6.07, 6.45) is 5.53. The van der Waals surface area contributed by atoms with Crippen LogP contribution in [-0.2, 0) is 0 Å². The van der Waals surface area contributed by atoms with E-state index in [1.807, 2.05) is 18.2 Å². The third-order valence-electron chi connectivity index (χ3n) is 5.32. The van der Waals surface area contributed by atoms with Gasteiger partial charge < -0.3 is 10.6 Å². The van der Waals surface area contributed by atoms with Gasteiger partial charge in [0.1, 0.15) is 0 Å². The highest BCUT2D eigenvalue weighted by Crippen LogP contribution is 2.33. The van der Waals surface area contributed by atoms with Gasteiger partial charge >= 0.3 is 0 Å². The Labute approximate surface area is 191 Å². The summed E-state index contributed by atoms with van der Waals surface area (Å²) in [6, 6.07) is 12.9. The van der Waals surface area contributed by atoms with Gasteiger partial charge in [0.15, 0.2) is 4.34 Å². The zero-order chi connectivity index (χ0) is 21.8. The molecule has 0 saturated heterocycles. The first-order valence-corrected chi connectivity index (χ1v) is 12.5. The Balaban J connectivity index is 1.50. The Morgan fingerprint density at radius 1 is 1.03 bits per heavy atom. The molecule has 1 aliphatic carbocycles. The van der Waals surface area contributed by atoms with E-state index in [2.05, 4.69) is 29.5 Å². The van der Waals surface area contributed by atoms with Crippen molar-refractivity contribution in [1.82, 2.24) is 10.3 Å². The van der Waals surface area contributed by atoms with Crippen LogP contribution in [0.25, 0.3) is 10.2 Å². The fourth-order valence-corrected chi connectivity index (χ4v) is 6.15. The second-order valence-corrected chi connectivity index (χ2v) is 11.0. The summed E-state index contributed by atoms with van der Waals surface area (Å²) in [6.45, 7) is 4.29. The molecule has 162 valence electrons. The van der Waals surface area contributed by atoms with E-state index < -0.39 is 0 Å². The Bertz CT molecular complexity index is 1090. The number of amides is 2. The van der Waals surface area contributed by atoms with Crippen molar-refractivity contribution in [2.45, 2.75) is 61.6 Å². The molecule has 0 bridgehead atoms. The van der Waals surface area contributed by atoms with Crippen LogP contribution in [0.4, 0.5) is 5.69 Å². The smallest absolute Gasteiger partial charge is 0.256 e. The molecule has 2 amide bonds. The molecule has 5 nitrogen and oxygen atoms in total. The van der Waals surface area contributed by atoms with E-state index >= 15 is 0 Å². The third-order valence-corrected chi connectivity index (χ3v) is 7.44. The molecule has 31 heavy (non-hydrogen) atoms. The Kier molecular flexibility index (Phi) is 6.92. The number of hydrogen-bond acceptors (Lipinski definition) is 5. The van der Waals surface area contributed by atoms with Gasteiger partial charge in [-0.25, -0.2) is 4.98 Å². The molecule has 1 saturated carbocycles.